The van der Waals surface area contributed by atoms with Crippen LogP contribution >= 0.6 is 0 Å². The van der Waals surface area contributed by atoms with E-state index in [0.717, 1.165) is 0 Å². The second kappa shape index (κ2) is 10.4. The SMILES string of the molecule is COc1ccc(CN(C)C(=O)c2cccc(NC(=O)NC(C)C)c2)cc1OC(F)F. The number of rotatable bonds is 8. The summed E-state index contributed by atoms with van der Waals surface area (Å²) < 4.78 is 34.7. The summed E-state index contributed by atoms with van der Waals surface area (Å²) in [6, 6.07) is 10.7. The lowest BCUT2D eigenvalue weighted by atomic mass is 10.1. The molecule has 0 unspecified atom stereocenters. The Morgan fingerprint density at radius 1 is 1.10 bits per heavy atom. The standard InChI is InChI=1S/C21H25F2N3O4/c1-13(2)24-21(28)25-16-7-5-6-15(11-16)19(27)26(3)12-14-8-9-17(29-4)18(10-14)30-20(22)23/h5-11,13,20H,12H2,1-4H3,(H2,24,25,28). The van der Waals surface area contributed by atoms with Crippen LogP contribution in [-0.4, -0.2) is 43.6 Å². The summed E-state index contributed by atoms with van der Waals surface area (Å²) in [7, 11) is 2.94. The first-order valence-electron chi connectivity index (χ1n) is 9.24. The van der Waals surface area contributed by atoms with Crippen molar-refractivity contribution in [2.75, 3.05) is 19.5 Å². The topological polar surface area (TPSA) is 79.9 Å². The number of hydrogen-bond acceptors (Lipinski definition) is 4. The molecule has 0 aliphatic heterocycles. The summed E-state index contributed by atoms with van der Waals surface area (Å²) in [5.74, 6) is -0.227. The Labute approximate surface area is 174 Å². The van der Waals surface area contributed by atoms with Gasteiger partial charge in [0.25, 0.3) is 5.91 Å². The molecule has 0 fully saturated rings. The zero-order valence-electron chi connectivity index (χ0n) is 17.2. The third-order valence-electron chi connectivity index (χ3n) is 4.00. The Balaban J connectivity index is 2.11. The van der Waals surface area contributed by atoms with Gasteiger partial charge in [-0.25, -0.2) is 4.79 Å². The molecule has 0 aliphatic carbocycles. The number of carbonyl (C=O) groups excluding carboxylic acids is 2. The molecular weight excluding hydrogens is 396 g/mol. The molecule has 2 N–H and O–H groups in total. The van der Waals surface area contributed by atoms with Gasteiger partial charge in [0.15, 0.2) is 11.5 Å². The fourth-order valence-electron chi connectivity index (χ4n) is 2.73. The van der Waals surface area contributed by atoms with Crippen LogP contribution in [0.1, 0.15) is 29.8 Å². The van der Waals surface area contributed by atoms with Crippen LogP contribution in [0.25, 0.3) is 0 Å². The molecule has 30 heavy (non-hydrogen) atoms. The number of carbonyl (C=O) groups is 2. The molecule has 7 nitrogen and oxygen atoms in total. The van der Waals surface area contributed by atoms with Gasteiger partial charge in [0.1, 0.15) is 0 Å². The number of benzene rings is 2. The normalized spacial score (nSPS) is 10.7. The van der Waals surface area contributed by atoms with E-state index in [4.69, 9.17) is 4.74 Å². The maximum Gasteiger partial charge on any atom is 0.387 e. The zero-order chi connectivity index (χ0) is 22.3. The highest BCUT2D eigenvalue weighted by molar-refractivity contribution is 5.96. The van der Waals surface area contributed by atoms with Gasteiger partial charge in [0.2, 0.25) is 0 Å². The van der Waals surface area contributed by atoms with Crippen molar-refractivity contribution in [3.05, 3.63) is 53.6 Å². The number of hydrogen-bond donors (Lipinski definition) is 2. The average molecular weight is 421 g/mol. The van der Waals surface area contributed by atoms with Gasteiger partial charge in [0, 0.05) is 30.9 Å². The number of urea groups is 1. The number of ether oxygens (including phenoxy) is 2. The van der Waals surface area contributed by atoms with Crippen molar-refractivity contribution in [1.29, 1.82) is 0 Å². The highest BCUT2D eigenvalue weighted by Gasteiger charge is 2.16. The van der Waals surface area contributed by atoms with E-state index in [1.54, 1.807) is 37.4 Å². The summed E-state index contributed by atoms with van der Waals surface area (Å²) in [6.45, 7) is 0.849. The molecule has 2 aromatic rings. The van der Waals surface area contributed by atoms with Crippen molar-refractivity contribution in [2.24, 2.45) is 0 Å². The maximum absolute atomic E-state index is 12.8. The Hall–Kier alpha value is -3.36. The summed E-state index contributed by atoms with van der Waals surface area (Å²) in [5, 5.41) is 5.38. The van der Waals surface area contributed by atoms with Gasteiger partial charge >= 0.3 is 12.6 Å². The molecule has 9 heteroatoms. The Morgan fingerprint density at radius 2 is 1.83 bits per heavy atom. The largest absolute Gasteiger partial charge is 0.493 e. The Bertz CT molecular complexity index is 890. The van der Waals surface area contributed by atoms with Gasteiger partial charge < -0.3 is 25.0 Å². The maximum atomic E-state index is 12.8. The molecule has 0 spiro atoms. The lowest BCUT2D eigenvalue weighted by molar-refractivity contribution is -0.0512. The predicted molar refractivity (Wildman–Crippen MR) is 109 cm³/mol. The fraction of sp³-hybridized carbons (Fsp3) is 0.333. The molecule has 0 radical (unpaired) electrons. The molecule has 0 bridgehead atoms. The Kier molecular flexibility index (Phi) is 7.97. The minimum absolute atomic E-state index is 0.0237. The number of nitrogens with one attached hydrogen (secondary N) is 2. The highest BCUT2D eigenvalue weighted by atomic mass is 19.3. The number of nitrogens with zero attached hydrogens (tertiary/aromatic N) is 1. The van der Waals surface area contributed by atoms with Gasteiger partial charge in [-0.05, 0) is 49.7 Å². The molecule has 3 amide bonds. The van der Waals surface area contributed by atoms with Gasteiger partial charge in [-0.2, -0.15) is 8.78 Å². The van der Waals surface area contributed by atoms with E-state index in [1.807, 2.05) is 13.8 Å². The Morgan fingerprint density at radius 3 is 2.47 bits per heavy atom. The van der Waals surface area contributed by atoms with E-state index in [2.05, 4.69) is 15.4 Å². The van der Waals surface area contributed by atoms with E-state index in [0.29, 0.717) is 16.8 Å². The van der Waals surface area contributed by atoms with Crippen molar-refractivity contribution in [1.82, 2.24) is 10.2 Å². The first-order valence-corrected chi connectivity index (χ1v) is 9.24. The quantitative estimate of drug-likeness (QED) is 0.673. The molecule has 0 heterocycles. The molecule has 2 aromatic carbocycles. The predicted octanol–water partition coefficient (Wildman–Crippen LogP) is 4.10. The van der Waals surface area contributed by atoms with Crippen molar-refractivity contribution in [2.45, 2.75) is 33.0 Å². The summed E-state index contributed by atoms with van der Waals surface area (Å²) >= 11 is 0. The van der Waals surface area contributed by atoms with Gasteiger partial charge in [-0.1, -0.05) is 12.1 Å². The van der Waals surface area contributed by atoms with Crippen LogP contribution in [0.2, 0.25) is 0 Å². The number of alkyl halides is 2. The average Bonchev–Trinajstić information content (AvgIpc) is 2.66. The van der Waals surface area contributed by atoms with Crippen molar-refractivity contribution >= 4 is 17.6 Å². The molecule has 162 valence electrons. The van der Waals surface area contributed by atoms with Gasteiger partial charge in [-0.3, -0.25) is 4.79 Å². The van der Waals surface area contributed by atoms with E-state index < -0.39 is 6.61 Å². The van der Waals surface area contributed by atoms with Crippen LogP contribution in [0.5, 0.6) is 11.5 Å². The van der Waals surface area contributed by atoms with Crippen LogP contribution < -0.4 is 20.1 Å². The highest BCUT2D eigenvalue weighted by Crippen LogP contribution is 2.30. The van der Waals surface area contributed by atoms with Crippen molar-refractivity contribution in [3.8, 4) is 11.5 Å². The fourth-order valence-corrected chi connectivity index (χ4v) is 2.73. The molecule has 0 aromatic heterocycles. The second-order valence-corrected chi connectivity index (χ2v) is 6.86. The first-order chi connectivity index (χ1) is 14.2. The van der Waals surface area contributed by atoms with E-state index in [1.165, 1.54) is 24.1 Å². The van der Waals surface area contributed by atoms with E-state index in [-0.39, 0.29) is 36.0 Å². The molecule has 0 aliphatic rings. The van der Waals surface area contributed by atoms with Gasteiger partial charge in [0.05, 0.1) is 7.11 Å². The molecule has 0 atom stereocenters. The molecule has 2 rings (SSSR count). The van der Waals surface area contributed by atoms with Crippen LogP contribution in [0.3, 0.4) is 0 Å². The summed E-state index contributed by atoms with van der Waals surface area (Å²) in [4.78, 5) is 26.1. The molecule has 0 saturated heterocycles. The minimum Gasteiger partial charge on any atom is -0.493 e. The monoisotopic (exact) mass is 421 g/mol. The third kappa shape index (κ3) is 6.61. The van der Waals surface area contributed by atoms with Crippen LogP contribution in [0, 0.1) is 0 Å². The number of anilines is 1. The summed E-state index contributed by atoms with van der Waals surface area (Å²) in [6.07, 6.45) is 0. The first kappa shape index (κ1) is 22.9. The zero-order valence-corrected chi connectivity index (χ0v) is 17.2. The number of halogens is 2. The van der Waals surface area contributed by atoms with Crippen LogP contribution in [0.4, 0.5) is 19.3 Å². The van der Waals surface area contributed by atoms with Crippen molar-refractivity contribution < 1.29 is 27.8 Å². The minimum atomic E-state index is -2.99. The number of methoxy groups -OCH3 is 1. The van der Waals surface area contributed by atoms with Crippen molar-refractivity contribution in [3.63, 3.8) is 0 Å². The number of amides is 3. The lowest BCUT2D eigenvalue weighted by Crippen LogP contribution is -2.34. The third-order valence-corrected chi connectivity index (χ3v) is 4.00. The molecular formula is C21H25F2N3O4. The van der Waals surface area contributed by atoms with Crippen LogP contribution in [-0.2, 0) is 6.54 Å². The van der Waals surface area contributed by atoms with Gasteiger partial charge in [-0.15, -0.1) is 0 Å². The van der Waals surface area contributed by atoms with Crippen LogP contribution in [0.15, 0.2) is 42.5 Å². The van der Waals surface area contributed by atoms with E-state index >= 15 is 0 Å². The second-order valence-electron chi connectivity index (χ2n) is 6.86. The van der Waals surface area contributed by atoms with E-state index in [9.17, 15) is 18.4 Å². The lowest BCUT2D eigenvalue weighted by Gasteiger charge is -2.19. The molecule has 0 saturated carbocycles. The summed E-state index contributed by atoms with van der Waals surface area (Å²) in [5.41, 5.74) is 1.44. The smallest absolute Gasteiger partial charge is 0.387 e.